The van der Waals surface area contributed by atoms with Crippen LogP contribution in [0.5, 0.6) is 0 Å². The van der Waals surface area contributed by atoms with Crippen molar-refractivity contribution in [3.05, 3.63) is 35.6 Å². The molecule has 1 aliphatic rings. The van der Waals surface area contributed by atoms with E-state index in [4.69, 9.17) is 0 Å². The summed E-state index contributed by atoms with van der Waals surface area (Å²) < 4.78 is 12.9. The standard InChI is InChI=1S/C14H20FN/c1-10(2)16-14-5-3-4-13(14)11-6-8-12(15)9-7-11/h6-10,13-14,16H,3-5H2,1-2H3/t13-,14-/m1/s1. The molecule has 88 valence electrons. The summed E-state index contributed by atoms with van der Waals surface area (Å²) in [5, 5.41) is 3.61. The summed E-state index contributed by atoms with van der Waals surface area (Å²) in [5.41, 5.74) is 1.28. The Morgan fingerprint density at radius 3 is 2.50 bits per heavy atom. The minimum absolute atomic E-state index is 0.143. The highest BCUT2D eigenvalue weighted by molar-refractivity contribution is 5.23. The zero-order valence-corrected chi connectivity index (χ0v) is 10.0. The molecule has 0 amide bonds. The van der Waals surface area contributed by atoms with E-state index in [0.29, 0.717) is 18.0 Å². The van der Waals surface area contributed by atoms with Crippen LogP contribution in [0, 0.1) is 5.82 Å². The number of benzene rings is 1. The molecule has 0 radical (unpaired) electrons. The Labute approximate surface area is 97.1 Å². The third kappa shape index (κ3) is 2.62. The molecule has 0 aliphatic heterocycles. The lowest BCUT2D eigenvalue weighted by Gasteiger charge is -2.23. The van der Waals surface area contributed by atoms with Crippen molar-refractivity contribution < 1.29 is 4.39 Å². The predicted octanol–water partition coefficient (Wildman–Crippen LogP) is 3.46. The van der Waals surface area contributed by atoms with Crippen LogP contribution in [0.15, 0.2) is 24.3 Å². The average Bonchev–Trinajstić information content (AvgIpc) is 2.66. The van der Waals surface area contributed by atoms with Crippen molar-refractivity contribution in [3.8, 4) is 0 Å². The second-order valence-electron chi connectivity index (χ2n) is 5.02. The molecular weight excluding hydrogens is 201 g/mol. The first-order chi connectivity index (χ1) is 7.66. The van der Waals surface area contributed by atoms with E-state index in [2.05, 4.69) is 19.2 Å². The summed E-state index contributed by atoms with van der Waals surface area (Å²) in [6, 6.07) is 8.08. The van der Waals surface area contributed by atoms with Gasteiger partial charge in [0.15, 0.2) is 0 Å². The summed E-state index contributed by atoms with van der Waals surface area (Å²) in [6.45, 7) is 4.36. The monoisotopic (exact) mass is 221 g/mol. The molecule has 16 heavy (non-hydrogen) atoms. The minimum Gasteiger partial charge on any atom is -0.311 e. The summed E-state index contributed by atoms with van der Waals surface area (Å²) in [4.78, 5) is 0. The van der Waals surface area contributed by atoms with Gasteiger partial charge in [0.25, 0.3) is 0 Å². The Balaban J connectivity index is 2.10. The van der Waals surface area contributed by atoms with Gasteiger partial charge in [0.2, 0.25) is 0 Å². The lowest BCUT2D eigenvalue weighted by atomic mass is 9.93. The van der Waals surface area contributed by atoms with Gasteiger partial charge in [0, 0.05) is 12.1 Å². The van der Waals surface area contributed by atoms with E-state index >= 15 is 0 Å². The van der Waals surface area contributed by atoms with Crippen LogP contribution in [0.4, 0.5) is 4.39 Å². The molecule has 0 heterocycles. The van der Waals surface area contributed by atoms with Gasteiger partial charge in [-0.05, 0) is 36.5 Å². The predicted molar refractivity (Wildman–Crippen MR) is 65.1 cm³/mol. The average molecular weight is 221 g/mol. The van der Waals surface area contributed by atoms with Crippen LogP contribution in [-0.4, -0.2) is 12.1 Å². The largest absolute Gasteiger partial charge is 0.311 e. The van der Waals surface area contributed by atoms with E-state index in [9.17, 15) is 4.39 Å². The second-order valence-corrected chi connectivity index (χ2v) is 5.02. The summed E-state index contributed by atoms with van der Waals surface area (Å²) in [7, 11) is 0. The van der Waals surface area contributed by atoms with Crippen molar-refractivity contribution in [1.82, 2.24) is 5.32 Å². The van der Waals surface area contributed by atoms with Gasteiger partial charge in [-0.2, -0.15) is 0 Å². The number of halogens is 1. The molecule has 1 aromatic rings. The first-order valence-electron chi connectivity index (χ1n) is 6.18. The van der Waals surface area contributed by atoms with Crippen LogP contribution in [-0.2, 0) is 0 Å². The Morgan fingerprint density at radius 1 is 1.19 bits per heavy atom. The van der Waals surface area contributed by atoms with Crippen molar-refractivity contribution in [2.24, 2.45) is 0 Å². The van der Waals surface area contributed by atoms with Crippen molar-refractivity contribution in [2.75, 3.05) is 0 Å². The van der Waals surface area contributed by atoms with E-state index in [-0.39, 0.29) is 5.82 Å². The van der Waals surface area contributed by atoms with Gasteiger partial charge in [-0.3, -0.25) is 0 Å². The van der Waals surface area contributed by atoms with E-state index in [0.717, 1.165) is 0 Å². The topological polar surface area (TPSA) is 12.0 Å². The molecule has 0 aromatic heterocycles. The normalized spacial score (nSPS) is 25.2. The minimum atomic E-state index is -0.143. The molecule has 1 N–H and O–H groups in total. The van der Waals surface area contributed by atoms with Crippen LogP contribution in [0.2, 0.25) is 0 Å². The first-order valence-corrected chi connectivity index (χ1v) is 6.18. The van der Waals surface area contributed by atoms with Crippen molar-refractivity contribution in [2.45, 2.75) is 51.1 Å². The second kappa shape index (κ2) is 4.96. The maximum absolute atomic E-state index is 12.9. The third-order valence-electron chi connectivity index (χ3n) is 3.36. The van der Waals surface area contributed by atoms with Crippen molar-refractivity contribution in [1.29, 1.82) is 0 Å². The van der Waals surface area contributed by atoms with Crippen LogP contribution in [0.1, 0.15) is 44.6 Å². The van der Waals surface area contributed by atoms with E-state index in [1.165, 1.54) is 24.8 Å². The third-order valence-corrected chi connectivity index (χ3v) is 3.36. The summed E-state index contributed by atoms with van der Waals surface area (Å²) in [6.07, 6.45) is 3.72. The quantitative estimate of drug-likeness (QED) is 0.824. The fourth-order valence-corrected chi connectivity index (χ4v) is 2.70. The van der Waals surface area contributed by atoms with Gasteiger partial charge in [-0.1, -0.05) is 32.4 Å². The van der Waals surface area contributed by atoms with Crippen molar-refractivity contribution >= 4 is 0 Å². The van der Waals surface area contributed by atoms with Gasteiger partial charge < -0.3 is 5.32 Å². The zero-order chi connectivity index (χ0) is 11.5. The molecule has 2 atom stereocenters. The number of nitrogens with one attached hydrogen (secondary N) is 1. The molecular formula is C14H20FN. The maximum Gasteiger partial charge on any atom is 0.123 e. The molecule has 1 aromatic carbocycles. The van der Waals surface area contributed by atoms with Gasteiger partial charge in [-0.15, -0.1) is 0 Å². The lowest BCUT2D eigenvalue weighted by molar-refractivity contribution is 0.436. The Morgan fingerprint density at radius 2 is 1.88 bits per heavy atom. The lowest BCUT2D eigenvalue weighted by Crippen LogP contribution is -2.36. The van der Waals surface area contributed by atoms with Gasteiger partial charge in [-0.25, -0.2) is 4.39 Å². The summed E-state index contributed by atoms with van der Waals surface area (Å²) >= 11 is 0. The number of hydrogen-bond acceptors (Lipinski definition) is 1. The highest BCUT2D eigenvalue weighted by atomic mass is 19.1. The molecule has 0 saturated heterocycles. The molecule has 2 rings (SSSR count). The Kier molecular flexibility index (Phi) is 3.59. The van der Waals surface area contributed by atoms with Crippen molar-refractivity contribution in [3.63, 3.8) is 0 Å². The maximum atomic E-state index is 12.9. The smallest absolute Gasteiger partial charge is 0.123 e. The molecule has 1 saturated carbocycles. The SMILES string of the molecule is CC(C)N[C@@H]1CCC[C@@H]1c1ccc(F)cc1. The molecule has 0 unspecified atom stereocenters. The summed E-state index contributed by atoms with van der Waals surface area (Å²) in [5.74, 6) is 0.415. The Bertz CT molecular complexity index is 331. The first kappa shape index (κ1) is 11.6. The fourth-order valence-electron chi connectivity index (χ4n) is 2.70. The number of hydrogen-bond donors (Lipinski definition) is 1. The molecule has 0 bridgehead atoms. The van der Waals surface area contributed by atoms with Gasteiger partial charge >= 0.3 is 0 Å². The van der Waals surface area contributed by atoms with Gasteiger partial charge in [0.1, 0.15) is 5.82 Å². The molecule has 2 heteroatoms. The number of rotatable bonds is 3. The van der Waals surface area contributed by atoms with E-state index in [1.54, 1.807) is 12.1 Å². The molecule has 1 fully saturated rings. The van der Waals surface area contributed by atoms with Crippen LogP contribution < -0.4 is 5.32 Å². The highest BCUT2D eigenvalue weighted by Crippen LogP contribution is 2.34. The highest BCUT2D eigenvalue weighted by Gasteiger charge is 2.28. The fraction of sp³-hybridized carbons (Fsp3) is 0.571. The molecule has 1 aliphatic carbocycles. The van der Waals surface area contributed by atoms with Crippen LogP contribution in [0.3, 0.4) is 0 Å². The molecule has 0 spiro atoms. The Hall–Kier alpha value is -0.890. The van der Waals surface area contributed by atoms with Crippen LogP contribution >= 0.6 is 0 Å². The van der Waals surface area contributed by atoms with Gasteiger partial charge in [0.05, 0.1) is 0 Å². The van der Waals surface area contributed by atoms with E-state index < -0.39 is 0 Å². The zero-order valence-electron chi connectivity index (χ0n) is 10.0. The molecule has 1 nitrogen and oxygen atoms in total. The van der Waals surface area contributed by atoms with Crippen LogP contribution in [0.25, 0.3) is 0 Å². The van der Waals surface area contributed by atoms with E-state index in [1.807, 2.05) is 12.1 Å².